The van der Waals surface area contributed by atoms with E-state index in [4.69, 9.17) is 4.74 Å². The second kappa shape index (κ2) is 9.16. The first-order valence-electron chi connectivity index (χ1n) is 9.87. The van der Waals surface area contributed by atoms with Crippen LogP contribution in [0.4, 0.5) is 22.2 Å². The highest BCUT2D eigenvalue weighted by Crippen LogP contribution is 2.32. The zero-order valence-electron chi connectivity index (χ0n) is 17.1. The van der Waals surface area contributed by atoms with Gasteiger partial charge in [-0.2, -0.15) is 0 Å². The number of fused-ring (bicyclic) bond motifs is 1. The molecule has 170 valence electrons. The highest BCUT2D eigenvalue weighted by atomic mass is 32.1. The van der Waals surface area contributed by atoms with E-state index in [-0.39, 0.29) is 22.1 Å². The van der Waals surface area contributed by atoms with Crippen molar-refractivity contribution in [1.29, 1.82) is 0 Å². The molecule has 1 aliphatic heterocycles. The molecule has 0 aliphatic carbocycles. The molecular weight excluding hydrogens is 454 g/mol. The molecule has 3 aromatic rings. The monoisotopic (exact) mass is 471 g/mol. The van der Waals surface area contributed by atoms with Crippen molar-refractivity contribution in [1.82, 2.24) is 4.98 Å². The van der Waals surface area contributed by atoms with Gasteiger partial charge >= 0.3 is 5.97 Å². The van der Waals surface area contributed by atoms with Crippen molar-refractivity contribution in [3.05, 3.63) is 62.2 Å². The van der Waals surface area contributed by atoms with Crippen LogP contribution >= 0.6 is 11.3 Å². The van der Waals surface area contributed by atoms with Gasteiger partial charge in [0.25, 0.3) is 17.3 Å². The van der Waals surface area contributed by atoms with Crippen LogP contribution in [-0.4, -0.2) is 46.4 Å². The standard InChI is InChI=1S/C20H17N5O7S/c26-18(22-20-21-14-5-4-13(24(28)29)10-17(14)33-20)11-32-19(27)12-3-6-15(16(9-12)25(30)31)23-7-1-2-8-23/h3-6,9-10H,1-2,7-8,11H2,(H,21,22,26). The first-order chi connectivity index (χ1) is 15.8. The Morgan fingerprint density at radius 1 is 1.09 bits per heavy atom. The Hall–Kier alpha value is -4.13. The molecule has 1 saturated heterocycles. The Morgan fingerprint density at radius 3 is 2.55 bits per heavy atom. The normalized spacial score (nSPS) is 13.2. The number of nitro groups is 2. The number of aromatic nitrogens is 1. The van der Waals surface area contributed by atoms with Gasteiger partial charge in [0.05, 0.1) is 25.6 Å². The van der Waals surface area contributed by atoms with E-state index in [0.717, 1.165) is 30.2 Å². The number of nitro benzene ring substituents is 2. The van der Waals surface area contributed by atoms with E-state index in [1.165, 1.54) is 30.3 Å². The molecular formula is C20H17N5O7S. The first kappa shape index (κ1) is 22.1. The van der Waals surface area contributed by atoms with Gasteiger partial charge in [-0.15, -0.1) is 0 Å². The number of anilines is 2. The van der Waals surface area contributed by atoms with Crippen molar-refractivity contribution in [3.63, 3.8) is 0 Å². The van der Waals surface area contributed by atoms with Crippen molar-refractivity contribution >= 4 is 55.6 Å². The number of thiazole rings is 1. The molecule has 1 fully saturated rings. The maximum Gasteiger partial charge on any atom is 0.338 e. The lowest BCUT2D eigenvalue weighted by Gasteiger charge is -2.17. The number of nitrogens with one attached hydrogen (secondary N) is 1. The van der Waals surface area contributed by atoms with Crippen LogP contribution in [0.25, 0.3) is 10.2 Å². The Balaban J connectivity index is 1.39. The quantitative estimate of drug-likeness (QED) is 0.309. The Bertz CT molecular complexity index is 1270. The molecule has 12 nitrogen and oxygen atoms in total. The van der Waals surface area contributed by atoms with Crippen LogP contribution < -0.4 is 10.2 Å². The largest absolute Gasteiger partial charge is 0.452 e. The van der Waals surface area contributed by atoms with Crippen LogP contribution in [0.15, 0.2) is 36.4 Å². The predicted octanol–water partition coefficient (Wildman–Crippen LogP) is 3.51. The maximum absolute atomic E-state index is 12.3. The zero-order chi connectivity index (χ0) is 23.5. The topological polar surface area (TPSA) is 158 Å². The van der Waals surface area contributed by atoms with E-state index in [1.807, 2.05) is 4.90 Å². The molecule has 0 bridgehead atoms. The van der Waals surface area contributed by atoms with Crippen molar-refractivity contribution in [2.75, 3.05) is 29.9 Å². The smallest absolute Gasteiger partial charge is 0.338 e. The second-order valence-corrected chi connectivity index (χ2v) is 8.24. The summed E-state index contributed by atoms with van der Waals surface area (Å²) < 4.78 is 5.50. The number of benzene rings is 2. The summed E-state index contributed by atoms with van der Waals surface area (Å²) in [5.74, 6) is -1.54. The summed E-state index contributed by atoms with van der Waals surface area (Å²) in [6.07, 6.45) is 1.89. The number of carbonyl (C=O) groups excluding carboxylic acids is 2. The van der Waals surface area contributed by atoms with E-state index in [2.05, 4.69) is 10.3 Å². The van der Waals surface area contributed by atoms with E-state index in [9.17, 15) is 29.8 Å². The van der Waals surface area contributed by atoms with Crippen LogP contribution in [0.2, 0.25) is 0 Å². The maximum atomic E-state index is 12.3. The van der Waals surface area contributed by atoms with E-state index in [1.54, 1.807) is 0 Å². The minimum Gasteiger partial charge on any atom is -0.452 e. The number of hydrogen-bond acceptors (Lipinski definition) is 10. The summed E-state index contributed by atoms with van der Waals surface area (Å²) in [5, 5.41) is 25.0. The van der Waals surface area contributed by atoms with Gasteiger partial charge in [-0.3, -0.25) is 30.3 Å². The molecule has 0 unspecified atom stereocenters. The fourth-order valence-electron chi connectivity index (χ4n) is 3.47. The highest BCUT2D eigenvalue weighted by Gasteiger charge is 2.24. The van der Waals surface area contributed by atoms with Crippen molar-refractivity contribution in [2.45, 2.75) is 12.8 Å². The minimum atomic E-state index is -0.874. The predicted molar refractivity (Wildman–Crippen MR) is 120 cm³/mol. The zero-order valence-corrected chi connectivity index (χ0v) is 17.9. The fraction of sp³-hybridized carbons (Fsp3) is 0.250. The average Bonchev–Trinajstić information content (AvgIpc) is 3.46. The number of carbonyl (C=O) groups is 2. The third kappa shape index (κ3) is 4.87. The second-order valence-electron chi connectivity index (χ2n) is 7.21. The lowest BCUT2D eigenvalue weighted by Crippen LogP contribution is -2.21. The van der Waals surface area contributed by atoms with Gasteiger partial charge in [-0.25, -0.2) is 9.78 Å². The molecule has 33 heavy (non-hydrogen) atoms. The third-order valence-electron chi connectivity index (χ3n) is 5.02. The molecule has 1 aliphatic rings. The molecule has 0 saturated carbocycles. The van der Waals surface area contributed by atoms with Crippen LogP contribution in [0, 0.1) is 20.2 Å². The van der Waals surface area contributed by atoms with Gasteiger partial charge in [-0.1, -0.05) is 11.3 Å². The van der Waals surface area contributed by atoms with Gasteiger partial charge in [-0.05, 0) is 31.0 Å². The summed E-state index contributed by atoms with van der Waals surface area (Å²) in [6.45, 7) is 0.796. The van der Waals surface area contributed by atoms with Crippen LogP contribution in [0.5, 0.6) is 0 Å². The lowest BCUT2D eigenvalue weighted by atomic mass is 10.1. The molecule has 1 N–H and O–H groups in total. The minimum absolute atomic E-state index is 0.0373. The molecule has 1 aromatic heterocycles. The summed E-state index contributed by atoms with van der Waals surface area (Å²) in [5.41, 5.74) is 0.595. The van der Waals surface area contributed by atoms with E-state index >= 15 is 0 Å². The Kier molecular flexibility index (Phi) is 6.13. The van der Waals surface area contributed by atoms with Gasteiger partial charge in [0, 0.05) is 31.3 Å². The van der Waals surface area contributed by atoms with E-state index < -0.39 is 28.3 Å². The number of nitrogens with zero attached hydrogens (tertiary/aromatic N) is 4. The third-order valence-corrected chi connectivity index (χ3v) is 5.95. The van der Waals surface area contributed by atoms with Crippen LogP contribution in [-0.2, 0) is 9.53 Å². The average molecular weight is 471 g/mol. The summed E-state index contributed by atoms with van der Waals surface area (Å²) in [4.78, 5) is 51.8. The molecule has 0 radical (unpaired) electrons. The van der Waals surface area contributed by atoms with Crippen molar-refractivity contribution < 1.29 is 24.2 Å². The number of esters is 1. The van der Waals surface area contributed by atoms with Crippen LogP contribution in [0.1, 0.15) is 23.2 Å². The molecule has 13 heteroatoms. The molecule has 2 heterocycles. The summed E-state index contributed by atoms with van der Waals surface area (Å²) >= 11 is 1.04. The lowest BCUT2D eigenvalue weighted by molar-refractivity contribution is -0.384. The van der Waals surface area contributed by atoms with Gasteiger partial charge < -0.3 is 9.64 Å². The number of rotatable bonds is 7. The van der Waals surface area contributed by atoms with Gasteiger partial charge in [0.2, 0.25) is 0 Å². The number of ether oxygens (including phenoxy) is 1. The molecule has 4 rings (SSSR count). The van der Waals surface area contributed by atoms with Gasteiger partial charge in [0.15, 0.2) is 11.7 Å². The molecule has 0 atom stereocenters. The van der Waals surface area contributed by atoms with Crippen molar-refractivity contribution in [3.8, 4) is 0 Å². The van der Waals surface area contributed by atoms with Crippen LogP contribution in [0.3, 0.4) is 0 Å². The summed E-state index contributed by atoms with van der Waals surface area (Å²) in [6, 6.07) is 8.22. The highest BCUT2D eigenvalue weighted by molar-refractivity contribution is 7.22. The van der Waals surface area contributed by atoms with Crippen molar-refractivity contribution in [2.24, 2.45) is 0 Å². The molecule has 0 spiro atoms. The molecule has 1 amide bonds. The number of non-ortho nitro benzene ring substituents is 1. The van der Waals surface area contributed by atoms with E-state index in [0.29, 0.717) is 29.0 Å². The molecule has 2 aromatic carbocycles. The Labute approximate surface area is 190 Å². The Morgan fingerprint density at radius 2 is 1.85 bits per heavy atom. The SMILES string of the molecule is O=C(COC(=O)c1ccc(N2CCCC2)c([N+](=O)[O-])c1)Nc1nc2ccc([N+](=O)[O-])cc2s1. The number of amides is 1. The van der Waals surface area contributed by atoms with Gasteiger partial charge in [0.1, 0.15) is 5.69 Å². The number of hydrogen-bond donors (Lipinski definition) is 1. The first-order valence-corrected chi connectivity index (χ1v) is 10.7. The fourth-order valence-corrected chi connectivity index (χ4v) is 4.39. The summed E-state index contributed by atoms with van der Waals surface area (Å²) in [7, 11) is 0.